The molecule has 0 bridgehead atoms. The van der Waals surface area contributed by atoms with Crippen molar-refractivity contribution in [2.75, 3.05) is 24.6 Å². The molecule has 76 valence electrons. The molecule has 13 heavy (non-hydrogen) atoms. The summed E-state index contributed by atoms with van der Waals surface area (Å²) >= 11 is 0. The van der Waals surface area contributed by atoms with Crippen molar-refractivity contribution in [3.8, 4) is 0 Å². The van der Waals surface area contributed by atoms with Crippen LogP contribution in [-0.2, 0) is 9.84 Å². The Bertz CT molecular complexity index is 289. The van der Waals surface area contributed by atoms with E-state index in [1.165, 1.54) is 0 Å². The molecule has 0 amide bonds. The summed E-state index contributed by atoms with van der Waals surface area (Å²) in [7, 11) is -2.73. The molecule has 2 aliphatic heterocycles. The van der Waals surface area contributed by atoms with E-state index in [1.54, 1.807) is 0 Å². The quantitative estimate of drug-likeness (QED) is 0.608. The van der Waals surface area contributed by atoms with Crippen molar-refractivity contribution in [1.29, 1.82) is 0 Å². The Hall–Kier alpha value is -0.130. The molecule has 2 rings (SSSR count). The van der Waals surface area contributed by atoms with E-state index < -0.39 is 9.84 Å². The van der Waals surface area contributed by atoms with Gasteiger partial charge in [-0.3, -0.25) is 4.90 Å². The molecular formula is C8H16N2O2S. The Kier molecular flexibility index (Phi) is 2.33. The number of hydrogen-bond acceptors (Lipinski definition) is 4. The van der Waals surface area contributed by atoms with E-state index in [1.807, 2.05) is 0 Å². The van der Waals surface area contributed by atoms with Crippen molar-refractivity contribution in [2.24, 2.45) is 5.73 Å². The lowest BCUT2D eigenvalue weighted by Gasteiger charge is -2.21. The van der Waals surface area contributed by atoms with Gasteiger partial charge < -0.3 is 5.73 Å². The number of nitrogens with two attached hydrogens (primary N) is 1. The SMILES string of the molecule is N[C@H]1CCN([C@H]2CCS(=O)(=O)C2)C1. The van der Waals surface area contributed by atoms with Crippen molar-refractivity contribution < 1.29 is 8.42 Å². The molecule has 2 saturated heterocycles. The predicted octanol–water partition coefficient (Wildman–Crippen LogP) is -0.793. The minimum absolute atomic E-state index is 0.249. The third-order valence-corrected chi connectivity index (χ3v) is 4.73. The molecule has 2 heterocycles. The van der Waals surface area contributed by atoms with Gasteiger partial charge in [-0.15, -0.1) is 0 Å². The van der Waals surface area contributed by atoms with Gasteiger partial charge >= 0.3 is 0 Å². The molecule has 2 aliphatic rings. The van der Waals surface area contributed by atoms with E-state index in [0.29, 0.717) is 11.5 Å². The van der Waals surface area contributed by atoms with Gasteiger partial charge in [0.25, 0.3) is 0 Å². The van der Waals surface area contributed by atoms with Gasteiger partial charge in [-0.1, -0.05) is 0 Å². The highest BCUT2D eigenvalue weighted by molar-refractivity contribution is 7.91. The summed E-state index contributed by atoms with van der Waals surface area (Å²) in [6.07, 6.45) is 1.81. The summed E-state index contributed by atoms with van der Waals surface area (Å²) in [5.41, 5.74) is 5.77. The van der Waals surface area contributed by atoms with Crippen LogP contribution in [0.1, 0.15) is 12.8 Å². The van der Waals surface area contributed by atoms with Crippen LogP contribution in [0.4, 0.5) is 0 Å². The fraction of sp³-hybridized carbons (Fsp3) is 1.00. The first-order chi connectivity index (χ1) is 6.07. The second-order valence-corrected chi connectivity index (χ2v) is 6.33. The van der Waals surface area contributed by atoms with Crippen molar-refractivity contribution in [2.45, 2.75) is 24.9 Å². The minimum Gasteiger partial charge on any atom is -0.326 e. The molecule has 0 aromatic rings. The van der Waals surface area contributed by atoms with Gasteiger partial charge in [0.2, 0.25) is 0 Å². The molecule has 0 aliphatic carbocycles. The maximum Gasteiger partial charge on any atom is 0.151 e. The first-order valence-electron chi connectivity index (χ1n) is 4.77. The lowest BCUT2D eigenvalue weighted by Crippen LogP contribution is -2.36. The third kappa shape index (κ3) is 2.03. The lowest BCUT2D eigenvalue weighted by molar-refractivity contribution is 0.260. The van der Waals surface area contributed by atoms with Crippen LogP contribution in [0.5, 0.6) is 0 Å². The van der Waals surface area contributed by atoms with E-state index in [-0.39, 0.29) is 12.1 Å². The highest BCUT2D eigenvalue weighted by Crippen LogP contribution is 2.21. The van der Waals surface area contributed by atoms with E-state index >= 15 is 0 Å². The molecule has 4 nitrogen and oxygen atoms in total. The Morgan fingerprint density at radius 1 is 1.31 bits per heavy atom. The van der Waals surface area contributed by atoms with Gasteiger partial charge in [0.05, 0.1) is 11.5 Å². The van der Waals surface area contributed by atoms with Gasteiger partial charge in [0, 0.05) is 25.2 Å². The highest BCUT2D eigenvalue weighted by Gasteiger charge is 2.34. The summed E-state index contributed by atoms with van der Waals surface area (Å²) < 4.78 is 22.4. The van der Waals surface area contributed by atoms with Crippen LogP contribution in [0.25, 0.3) is 0 Å². The molecule has 0 spiro atoms. The average molecular weight is 204 g/mol. The van der Waals surface area contributed by atoms with Crippen molar-refractivity contribution in [3.63, 3.8) is 0 Å². The second-order valence-electron chi connectivity index (χ2n) is 4.10. The van der Waals surface area contributed by atoms with Crippen molar-refractivity contribution >= 4 is 9.84 Å². The number of hydrogen-bond donors (Lipinski definition) is 1. The van der Waals surface area contributed by atoms with Crippen LogP contribution in [0.3, 0.4) is 0 Å². The molecule has 0 saturated carbocycles. The van der Waals surface area contributed by atoms with Crippen LogP contribution in [0, 0.1) is 0 Å². The third-order valence-electron chi connectivity index (χ3n) is 2.98. The van der Waals surface area contributed by atoms with E-state index in [2.05, 4.69) is 4.90 Å². The number of nitrogens with zero attached hydrogens (tertiary/aromatic N) is 1. The monoisotopic (exact) mass is 204 g/mol. The van der Waals surface area contributed by atoms with Gasteiger partial charge in [-0.2, -0.15) is 0 Å². The molecule has 2 fully saturated rings. The van der Waals surface area contributed by atoms with Crippen LogP contribution >= 0.6 is 0 Å². The zero-order valence-electron chi connectivity index (χ0n) is 7.65. The molecule has 0 radical (unpaired) electrons. The van der Waals surface area contributed by atoms with E-state index in [9.17, 15) is 8.42 Å². The van der Waals surface area contributed by atoms with Crippen LogP contribution in [0.2, 0.25) is 0 Å². The molecule has 2 N–H and O–H groups in total. The molecule has 0 unspecified atom stereocenters. The Balaban J connectivity index is 1.97. The Morgan fingerprint density at radius 2 is 2.08 bits per heavy atom. The predicted molar refractivity (Wildman–Crippen MR) is 51.2 cm³/mol. The normalized spacial score (nSPS) is 39.8. The molecule has 0 aromatic heterocycles. The Morgan fingerprint density at radius 3 is 2.54 bits per heavy atom. The van der Waals surface area contributed by atoms with Crippen LogP contribution in [-0.4, -0.2) is 50.0 Å². The standard InChI is InChI=1S/C8H16N2O2S/c9-7-1-3-10(5-7)8-2-4-13(11,12)6-8/h7-8H,1-6,9H2/t7-,8-/m0/s1. The number of sulfone groups is 1. The summed E-state index contributed by atoms with van der Waals surface area (Å²) in [6.45, 7) is 1.85. The van der Waals surface area contributed by atoms with Crippen LogP contribution in [0.15, 0.2) is 0 Å². The molecule has 0 aromatic carbocycles. The fourth-order valence-electron chi connectivity index (χ4n) is 2.21. The summed E-state index contributed by atoms with van der Waals surface area (Å²) in [5, 5.41) is 0. The van der Waals surface area contributed by atoms with Gasteiger partial charge in [0.1, 0.15) is 0 Å². The summed E-state index contributed by atoms with van der Waals surface area (Å²) in [5.74, 6) is 0.711. The highest BCUT2D eigenvalue weighted by atomic mass is 32.2. The summed E-state index contributed by atoms with van der Waals surface area (Å²) in [4.78, 5) is 2.23. The van der Waals surface area contributed by atoms with Crippen molar-refractivity contribution in [1.82, 2.24) is 4.90 Å². The first-order valence-corrected chi connectivity index (χ1v) is 6.59. The van der Waals surface area contributed by atoms with E-state index in [0.717, 1.165) is 25.9 Å². The zero-order chi connectivity index (χ0) is 9.47. The second kappa shape index (κ2) is 3.22. The maximum atomic E-state index is 11.2. The van der Waals surface area contributed by atoms with Gasteiger partial charge in [-0.05, 0) is 12.8 Å². The topological polar surface area (TPSA) is 63.4 Å². The van der Waals surface area contributed by atoms with Crippen molar-refractivity contribution in [3.05, 3.63) is 0 Å². The smallest absolute Gasteiger partial charge is 0.151 e. The average Bonchev–Trinajstić information content (AvgIpc) is 2.56. The molecule has 5 heteroatoms. The molecule has 2 atom stereocenters. The first kappa shape index (κ1) is 9.43. The Labute approximate surface area is 79.0 Å². The molecular weight excluding hydrogens is 188 g/mol. The van der Waals surface area contributed by atoms with Gasteiger partial charge in [-0.25, -0.2) is 8.42 Å². The van der Waals surface area contributed by atoms with Gasteiger partial charge in [0.15, 0.2) is 9.84 Å². The maximum absolute atomic E-state index is 11.2. The largest absolute Gasteiger partial charge is 0.326 e. The summed E-state index contributed by atoms with van der Waals surface area (Å²) in [6, 6.07) is 0.502. The number of rotatable bonds is 1. The minimum atomic E-state index is -2.73. The lowest BCUT2D eigenvalue weighted by atomic mass is 10.2. The fourth-order valence-corrected chi connectivity index (χ4v) is 3.97. The zero-order valence-corrected chi connectivity index (χ0v) is 8.46. The van der Waals surface area contributed by atoms with Crippen LogP contribution < -0.4 is 5.73 Å². The number of likely N-dealkylation sites (tertiary alicyclic amines) is 1. The van der Waals surface area contributed by atoms with E-state index in [4.69, 9.17) is 5.73 Å².